The molecule has 0 radical (unpaired) electrons. The molecule has 72 valence electrons. The second-order valence-electron chi connectivity index (χ2n) is 2.90. The molecule has 1 aromatic heterocycles. The maximum Gasteiger partial charge on any atom is 0.0905 e. The molecule has 0 saturated heterocycles. The minimum Gasteiger partial charge on any atom is -0.388 e. The van der Waals surface area contributed by atoms with Crippen molar-refractivity contribution in [2.24, 2.45) is 5.73 Å². The fraction of sp³-hybridized carbons (Fsp3) is 0.500. The summed E-state index contributed by atoms with van der Waals surface area (Å²) in [5.41, 5.74) is 5.24. The van der Waals surface area contributed by atoms with E-state index in [0.717, 1.165) is 23.0 Å². The Morgan fingerprint density at radius 3 is 2.92 bits per heavy atom. The van der Waals surface area contributed by atoms with Gasteiger partial charge in [-0.3, -0.25) is 10.1 Å². The van der Waals surface area contributed by atoms with Crippen LogP contribution < -0.4 is 5.73 Å². The summed E-state index contributed by atoms with van der Waals surface area (Å²) in [6.45, 7) is 0.913. The number of hydrogen-bond acceptors (Lipinski definition) is 2. The fourth-order valence-corrected chi connectivity index (χ4v) is 1.50. The van der Waals surface area contributed by atoms with Crippen molar-refractivity contribution in [1.82, 2.24) is 9.78 Å². The van der Waals surface area contributed by atoms with E-state index in [1.165, 1.54) is 0 Å². The predicted molar refractivity (Wildman–Crippen MR) is 60.7 cm³/mol. The van der Waals surface area contributed by atoms with E-state index in [2.05, 4.69) is 27.7 Å². The minimum absolute atomic E-state index is 0.273. The van der Waals surface area contributed by atoms with Gasteiger partial charge in [0.25, 0.3) is 0 Å². The van der Waals surface area contributed by atoms with Crippen LogP contribution >= 0.6 is 22.6 Å². The van der Waals surface area contributed by atoms with Crippen LogP contribution in [-0.4, -0.2) is 15.6 Å². The lowest BCUT2D eigenvalue weighted by Gasteiger charge is -2.00. The van der Waals surface area contributed by atoms with Crippen LogP contribution in [0.15, 0.2) is 12.4 Å². The van der Waals surface area contributed by atoms with E-state index in [1.807, 2.05) is 17.1 Å². The van der Waals surface area contributed by atoms with Crippen molar-refractivity contribution in [3.8, 4) is 0 Å². The van der Waals surface area contributed by atoms with Gasteiger partial charge in [0.1, 0.15) is 0 Å². The first kappa shape index (κ1) is 10.5. The number of aryl methyl sites for hydroxylation is 1. The Kier molecular flexibility index (Phi) is 4.20. The van der Waals surface area contributed by atoms with Crippen molar-refractivity contribution in [2.75, 3.05) is 0 Å². The number of nitrogens with one attached hydrogen (secondary N) is 1. The van der Waals surface area contributed by atoms with Crippen LogP contribution in [0.5, 0.6) is 0 Å². The van der Waals surface area contributed by atoms with Gasteiger partial charge in [-0.2, -0.15) is 5.10 Å². The second-order valence-corrected chi connectivity index (χ2v) is 4.15. The molecule has 0 saturated carbocycles. The molecule has 4 nitrogen and oxygen atoms in total. The molecule has 0 aliphatic rings. The number of aromatic nitrogens is 2. The van der Waals surface area contributed by atoms with Gasteiger partial charge in [-0.25, -0.2) is 0 Å². The molecule has 5 heteroatoms. The molecule has 1 rings (SSSR count). The van der Waals surface area contributed by atoms with Crippen LogP contribution in [0.4, 0.5) is 0 Å². The van der Waals surface area contributed by atoms with Gasteiger partial charge < -0.3 is 5.73 Å². The monoisotopic (exact) mass is 292 g/mol. The number of amidine groups is 1. The molecule has 0 atom stereocenters. The summed E-state index contributed by atoms with van der Waals surface area (Å²) in [7, 11) is 0. The molecule has 0 bridgehead atoms. The van der Waals surface area contributed by atoms with Crippen molar-refractivity contribution in [2.45, 2.75) is 25.8 Å². The number of nitrogens with two attached hydrogens (primary N) is 1. The Bertz CT molecular complexity index is 281. The molecule has 0 spiro atoms. The zero-order valence-corrected chi connectivity index (χ0v) is 9.49. The first-order valence-corrected chi connectivity index (χ1v) is 5.27. The van der Waals surface area contributed by atoms with Gasteiger partial charge >= 0.3 is 0 Å². The van der Waals surface area contributed by atoms with Crippen molar-refractivity contribution in [3.05, 3.63) is 16.0 Å². The molecule has 0 amide bonds. The highest BCUT2D eigenvalue weighted by atomic mass is 127. The summed E-state index contributed by atoms with van der Waals surface area (Å²) in [5.74, 6) is 0.273. The molecule has 0 aliphatic heterocycles. The van der Waals surface area contributed by atoms with E-state index in [4.69, 9.17) is 11.1 Å². The van der Waals surface area contributed by atoms with Crippen LogP contribution in [0.1, 0.15) is 19.3 Å². The quantitative estimate of drug-likeness (QED) is 0.374. The first-order valence-electron chi connectivity index (χ1n) is 4.19. The van der Waals surface area contributed by atoms with Gasteiger partial charge in [0, 0.05) is 19.2 Å². The normalized spacial score (nSPS) is 10.2. The summed E-state index contributed by atoms with van der Waals surface area (Å²) in [6, 6.07) is 0. The fourth-order valence-electron chi connectivity index (χ4n) is 1.05. The summed E-state index contributed by atoms with van der Waals surface area (Å²) in [4.78, 5) is 0. The molecule has 0 fully saturated rings. The number of hydrogen-bond donors (Lipinski definition) is 2. The standard InChI is InChI=1S/C8H13IN4/c9-7-5-12-13(6-7)4-2-1-3-8(10)11/h5-6H,1-4H2,(H3,10,11). The van der Waals surface area contributed by atoms with Crippen LogP contribution in [0.3, 0.4) is 0 Å². The Hall–Kier alpha value is -0.590. The third kappa shape index (κ3) is 4.25. The molecule has 1 aromatic rings. The maximum absolute atomic E-state index is 7.04. The predicted octanol–water partition coefficient (Wildman–Crippen LogP) is 1.59. The largest absolute Gasteiger partial charge is 0.388 e. The number of unbranched alkanes of at least 4 members (excludes halogenated alkanes) is 1. The lowest BCUT2D eigenvalue weighted by molar-refractivity contribution is 0.563. The van der Waals surface area contributed by atoms with E-state index in [-0.39, 0.29) is 5.84 Å². The third-order valence-electron chi connectivity index (χ3n) is 1.69. The van der Waals surface area contributed by atoms with E-state index in [1.54, 1.807) is 0 Å². The minimum atomic E-state index is 0.273. The molecule has 1 heterocycles. The highest BCUT2D eigenvalue weighted by molar-refractivity contribution is 14.1. The highest BCUT2D eigenvalue weighted by Crippen LogP contribution is 2.03. The summed E-state index contributed by atoms with van der Waals surface area (Å²) >= 11 is 2.23. The Morgan fingerprint density at radius 2 is 2.38 bits per heavy atom. The van der Waals surface area contributed by atoms with Crippen LogP contribution in [-0.2, 0) is 6.54 Å². The summed E-state index contributed by atoms with van der Waals surface area (Å²) < 4.78 is 3.08. The Balaban J connectivity index is 2.16. The third-order valence-corrected chi connectivity index (χ3v) is 2.24. The van der Waals surface area contributed by atoms with Gasteiger partial charge in [-0.15, -0.1) is 0 Å². The Morgan fingerprint density at radius 1 is 1.62 bits per heavy atom. The van der Waals surface area contributed by atoms with Gasteiger partial charge in [-0.05, 0) is 35.4 Å². The second kappa shape index (κ2) is 5.21. The van der Waals surface area contributed by atoms with Gasteiger partial charge in [0.05, 0.1) is 15.6 Å². The average molecular weight is 292 g/mol. The molecule has 0 aromatic carbocycles. The van der Waals surface area contributed by atoms with Crippen molar-refractivity contribution in [3.63, 3.8) is 0 Å². The first-order chi connectivity index (χ1) is 6.18. The van der Waals surface area contributed by atoms with Crippen molar-refractivity contribution >= 4 is 28.4 Å². The van der Waals surface area contributed by atoms with Crippen molar-refractivity contribution in [1.29, 1.82) is 5.41 Å². The van der Waals surface area contributed by atoms with Gasteiger partial charge in [0.2, 0.25) is 0 Å². The van der Waals surface area contributed by atoms with Crippen LogP contribution in [0.25, 0.3) is 0 Å². The lowest BCUT2D eigenvalue weighted by Crippen LogP contribution is -2.09. The van der Waals surface area contributed by atoms with E-state index < -0.39 is 0 Å². The smallest absolute Gasteiger partial charge is 0.0905 e. The zero-order valence-electron chi connectivity index (χ0n) is 7.33. The summed E-state index contributed by atoms with van der Waals surface area (Å²) in [5, 5.41) is 11.2. The molecule has 13 heavy (non-hydrogen) atoms. The topological polar surface area (TPSA) is 67.7 Å². The average Bonchev–Trinajstić information content (AvgIpc) is 2.45. The molecular weight excluding hydrogens is 279 g/mol. The number of rotatable bonds is 5. The molecule has 0 unspecified atom stereocenters. The zero-order chi connectivity index (χ0) is 9.68. The van der Waals surface area contributed by atoms with Gasteiger partial charge in [-0.1, -0.05) is 0 Å². The number of nitrogens with zero attached hydrogens (tertiary/aromatic N) is 2. The SMILES string of the molecule is N=C(N)CCCCn1cc(I)cn1. The molecule has 0 aliphatic carbocycles. The lowest BCUT2D eigenvalue weighted by atomic mass is 10.2. The van der Waals surface area contributed by atoms with Crippen LogP contribution in [0, 0.1) is 8.98 Å². The van der Waals surface area contributed by atoms with E-state index in [9.17, 15) is 0 Å². The van der Waals surface area contributed by atoms with E-state index >= 15 is 0 Å². The highest BCUT2D eigenvalue weighted by Gasteiger charge is 1.95. The van der Waals surface area contributed by atoms with Crippen LogP contribution in [0.2, 0.25) is 0 Å². The maximum atomic E-state index is 7.04. The van der Waals surface area contributed by atoms with E-state index in [0.29, 0.717) is 6.42 Å². The molecule has 3 N–H and O–H groups in total. The number of halogens is 1. The van der Waals surface area contributed by atoms with Crippen molar-refractivity contribution < 1.29 is 0 Å². The van der Waals surface area contributed by atoms with Gasteiger partial charge in [0.15, 0.2) is 0 Å². The molecular formula is C8H13IN4. The summed E-state index contributed by atoms with van der Waals surface area (Å²) in [6.07, 6.45) is 6.53. The Labute approximate surface area is 91.2 Å².